The van der Waals surface area contributed by atoms with Crippen molar-refractivity contribution in [3.63, 3.8) is 0 Å². The first-order valence-electron chi connectivity index (χ1n) is 10.7. The van der Waals surface area contributed by atoms with E-state index in [1.807, 2.05) is 19.1 Å². The maximum Gasteiger partial charge on any atom is 0.265 e. The molecule has 35 heavy (non-hydrogen) atoms. The van der Waals surface area contributed by atoms with Gasteiger partial charge in [-0.05, 0) is 61.0 Å². The van der Waals surface area contributed by atoms with Gasteiger partial charge in [-0.3, -0.25) is 9.10 Å². The Morgan fingerprint density at radius 1 is 1.03 bits per heavy atom. The highest BCUT2D eigenvalue weighted by atomic mass is 35.5. The standard InChI is InChI=1S/C25H27ClN2O6S/c1-5-21(33-19-13-11-18(12-14-19)28(2)35(4,30)31)25(29)27-20-16-17(26)10-15-22(20)34-24-9-7-6-8-23(24)32-3/h6-16,21H,5H2,1-4H3,(H,27,29). The SMILES string of the molecule is CCC(Oc1ccc(N(C)S(C)(=O)=O)cc1)C(=O)Nc1cc(Cl)ccc1Oc1ccccc1OC. The molecule has 3 aromatic rings. The quantitative estimate of drug-likeness (QED) is 0.389. The van der Waals surface area contributed by atoms with E-state index in [9.17, 15) is 13.2 Å². The molecule has 0 aromatic heterocycles. The molecular weight excluding hydrogens is 492 g/mol. The van der Waals surface area contributed by atoms with Crippen LogP contribution < -0.4 is 23.8 Å². The average molecular weight is 519 g/mol. The summed E-state index contributed by atoms with van der Waals surface area (Å²) in [5.74, 6) is 1.44. The lowest BCUT2D eigenvalue weighted by Gasteiger charge is -2.20. The molecule has 3 aromatic carbocycles. The summed E-state index contributed by atoms with van der Waals surface area (Å²) < 4.78 is 41.8. The number of rotatable bonds is 10. The number of amides is 1. The summed E-state index contributed by atoms with van der Waals surface area (Å²) in [6.45, 7) is 1.82. The number of sulfonamides is 1. The summed E-state index contributed by atoms with van der Waals surface area (Å²) in [5, 5.41) is 3.25. The number of nitrogens with one attached hydrogen (secondary N) is 1. The number of carbonyl (C=O) groups is 1. The Morgan fingerprint density at radius 3 is 2.29 bits per heavy atom. The molecule has 0 aliphatic carbocycles. The number of hydrogen-bond donors (Lipinski definition) is 1. The first-order chi connectivity index (χ1) is 16.6. The fraction of sp³-hybridized carbons (Fsp3) is 0.240. The van der Waals surface area contributed by atoms with Crippen molar-refractivity contribution in [3.8, 4) is 23.0 Å². The molecule has 1 unspecified atom stereocenters. The van der Waals surface area contributed by atoms with Gasteiger partial charge in [0.05, 0.1) is 24.7 Å². The van der Waals surface area contributed by atoms with Crippen LogP contribution in [0.3, 0.4) is 0 Å². The van der Waals surface area contributed by atoms with Gasteiger partial charge in [-0.15, -0.1) is 0 Å². The molecule has 0 bridgehead atoms. The second kappa shape index (κ2) is 11.3. The molecule has 0 heterocycles. The second-order valence-corrected chi connectivity index (χ2v) is 10.1. The van der Waals surface area contributed by atoms with E-state index in [1.54, 1.807) is 61.7 Å². The molecule has 0 radical (unpaired) electrons. The zero-order valence-electron chi connectivity index (χ0n) is 19.8. The number of benzene rings is 3. The maximum absolute atomic E-state index is 13.0. The minimum absolute atomic E-state index is 0.376. The summed E-state index contributed by atoms with van der Waals surface area (Å²) in [6, 6.07) is 18.5. The molecule has 0 spiro atoms. The van der Waals surface area contributed by atoms with Crippen LogP contribution in [0.15, 0.2) is 66.7 Å². The van der Waals surface area contributed by atoms with Crippen molar-refractivity contribution in [2.75, 3.05) is 30.0 Å². The van der Waals surface area contributed by atoms with E-state index in [4.69, 9.17) is 25.8 Å². The largest absolute Gasteiger partial charge is 0.493 e. The average Bonchev–Trinajstić information content (AvgIpc) is 2.83. The van der Waals surface area contributed by atoms with E-state index in [1.165, 1.54) is 7.05 Å². The van der Waals surface area contributed by atoms with Crippen molar-refractivity contribution in [3.05, 3.63) is 71.8 Å². The van der Waals surface area contributed by atoms with E-state index in [-0.39, 0.29) is 0 Å². The molecule has 186 valence electrons. The molecule has 8 nitrogen and oxygen atoms in total. The summed E-state index contributed by atoms with van der Waals surface area (Å²) >= 11 is 6.17. The Labute approximate surface area is 210 Å². The molecule has 1 amide bonds. The fourth-order valence-electron chi connectivity index (χ4n) is 3.14. The summed E-state index contributed by atoms with van der Waals surface area (Å²) in [4.78, 5) is 13.0. The molecule has 0 fully saturated rings. The molecule has 0 saturated heterocycles. The van der Waals surface area contributed by atoms with Crippen molar-refractivity contribution in [2.45, 2.75) is 19.4 Å². The Kier molecular flexibility index (Phi) is 8.48. The highest BCUT2D eigenvalue weighted by Gasteiger charge is 2.21. The summed E-state index contributed by atoms with van der Waals surface area (Å²) in [7, 11) is -0.377. The normalized spacial score (nSPS) is 11.9. The Hall–Kier alpha value is -3.43. The van der Waals surface area contributed by atoms with Crippen LogP contribution in [0.2, 0.25) is 5.02 Å². The molecule has 1 atom stereocenters. The van der Waals surface area contributed by atoms with Crippen molar-refractivity contribution in [1.82, 2.24) is 0 Å². The molecular formula is C25H27ClN2O6S. The van der Waals surface area contributed by atoms with Gasteiger partial charge in [-0.2, -0.15) is 0 Å². The monoisotopic (exact) mass is 518 g/mol. The summed E-state index contributed by atoms with van der Waals surface area (Å²) in [6.07, 6.45) is 0.697. The third-order valence-electron chi connectivity index (χ3n) is 5.13. The number of hydrogen-bond acceptors (Lipinski definition) is 6. The number of ether oxygens (including phenoxy) is 3. The van der Waals surface area contributed by atoms with Crippen LogP contribution in [0.5, 0.6) is 23.0 Å². The van der Waals surface area contributed by atoms with Gasteiger partial charge in [-0.25, -0.2) is 8.42 Å². The third-order valence-corrected chi connectivity index (χ3v) is 6.57. The van der Waals surface area contributed by atoms with Gasteiger partial charge in [0.15, 0.2) is 23.4 Å². The number of para-hydroxylation sites is 2. The third kappa shape index (κ3) is 6.80. The minimum Gasteiger partial charge on any atom is -0.493 e. The number of carbonyl (C=O) groups excluding carboxylic acids is 1. The van der Waals surface area contributed by atoms with Gasteiger partial charge in [0.1, 0.15) is 5.75 Å². The van der Waals surface area contributed by atoms with Crippen molar-refractivity contribution in [2.24, 2.45) is 0 Å². The van der Waals surface area contributed by atoms with Crippen LogP contribution in [0.4, 0.5) is 11.4 Å². The molecule has 0 aliphatic heterocycles. The number of halogens is 1. The minimum atomic E-state index is -3.38. The number of anilines is 2. The lowest BCUT2D eigenvalue weighted by molar-refractivity contribution is -0.122. The number of nitrogens with zero attached hydrogens (tertiary/aromatic N) is 1. The Bertz CT molecular complexity index is 1280. The van der Waals surface area contributed by atoms with Crippen molar-refractivity contribution >= 4 is 38.9 Å². The predicted molar refractivity (Wildman–Crippen MR) is 138 cm³/mol. The first-order valence-corrected chi connectivity index (χ1v) is 13.0. The second-order valence-electron chi connectivity index (χ2n) is 7.62. The van der Waals surface area contributed by atoms with Crippen LogP contribution in [0.1, 0.15) is 13.3 Å². The van der Waals surface area contributed by atoms with Gasteiger partial charge < -0.3 is 19.5 Å². The van der Waals surface area contributed by atoms with Crippen LogP contribution in [0.25, 0.3) is 0 Å². The molecule has 1 N–H and O–H groups in total. The van der Waals surface area contributed by atoms with Crippen LogP contribution in [0, 0.1) is 0 Å². The highest BCUT2D eigenvalue weighted by molar-refractivity contribution is 7.92. The highest BCUT2D eigenvalue weighted by Crippen LogP contribution is 2.36. The van der Waals surface area contributed by atoms with Crippen LogP contribution in [-0.4, -0.2) is 40.8 Å². The number of methoxy groups -OCH3 is 1. The smallest absolute Gasteiger partial charge is 0.265 e. The Morgan fingerprint density at radius 2 is 1.69 bits per heavy atom. The molecule has 10 heteroatoms. The van der Waals surface area contributed by atoms with E-state index in [2.05, 4.69) is 5.32 Å². The van der Waals surface area contributed by atoms with E-state index >= 15 is 0 Å². The van der Waals surface area contributed by atoms with Crippen LogP contribution in [-0.2, 0) is 14.8 Å². The first kappa shape index (κ1) is 26.2. The lowest BCUT2D eigenvalue weighted by atomic mass is 10.2. The van der Waals surface area contributed by atoms with Crippen LogP contribution >= 0.6 is 11.6 Å². The van der Waals surface area contributed by atoms with Gasteiger partial charge in [-0.1, -0.05) is 30.7 Å². The van der Waals surface area contributed by atoms with E-state index in [0.29, 0.717) is 45.8 Å². The molecule has 3 rings (SSSR count). The Balaban J connectivity index is 1.76. The van der Waals surface area contributed by atoms with E-state index < -0.39 is 22.0 Å². The van der Waals surface area contributed by atoms with Gasteiger partial charge in [0.2, 0.25) is 10.0 Å². The summed E-state index contributed by atoms with van der Waals surface area (Å²) in [5.41, 5.74) is 0.856. The zero-order chi connectivity index (χ0) is 25.6. The van der Waals surface area contributed by atoms with E-state index in [0.717, 1.165) is 10.6 Å². The topological polar surface area (TPSA) is 94.2 Å². The zero-order valence-corrected chi connectivity index (χ0v) is 21.4. The molecule has 0 saturated carbocycles. The van der Waals surface area contributed by atoms with Gasteiger partial charge in [0.25, 0.3) is 5.91 Å². The lowest BCUT2D eigenvalue weighted by Crippen LogP contribution is -2.32. The van der Waals surface area contributed by atoms with Crippen molar-refractivity contribution < 1.29 is 27.4 Å². The maximum atomic E-state index is 13.0. The fourth-order valence-corrected chi connectivity index (χ4v) is 3.81. The van der Waals surface area contributed by atoms with Gasteiger partial charge >= 0.3 is 0 Å². The van der Waals surface area contributed by atoms with Gasteiger partial charge in [0, 0.05) is 12.1 Å². The predicted octanol–water partition coefficient (Wildman–Crippen LogP) is 5.33. The molecule has 0 aliphatic rings. The van der Waals surface area contributed by atoms with Crippen molar-refractivity contribution in [1.29, 1.82) is 0 Å².